The minimum absolute atomic E-state index is 0.0437. The van der Waals surface area contributed by atoms with Gasteiger partial charge in [0, 0.05) is 41.7 Å². The molecule has 194 valence electrons. The van der Waals surface area contributed by atoms with Gasteiger partial charge in [0.05, 0.1) is 5.56 Å². The molecule has 1 atom stereocenters. The molecule has 2 aromatic carbocycles. The Morgan fingerprint density at radius 3 is 2.33 bits per heavy atom. The zero-order valence-electron chi connectivity index (χ0n) is 20.2. The van der Waals surface area contributed by atoms with Crippen molar-refractivity contribution in [1.29, 1.82) is 0 Å². The molecule has 0 saturated carbocycles. The molecule has 1 aliphatic heterocycles. The van der Waals surface area contributed by atoms with Crippen LogP contribution in [0.3, 0.4) is 0 Å². The maximum atomic E-state index is 13.5. The van der Waals surface area contributed by atoms with Gasteiger partial charge in [-0.15, -0.1) is 0 Å². The van der Waals surface area contributed by atoms with Gasteiger partial charge < -0.3 is 10.2 Å². The Balaban J connectivity index is 1.85. The number of amides is 3. The fraction of sp³-hybridized carbons (Fsp3) is 0.400. The fourth-order valence-corrected chi connectivity index (χ4v) is 6.16. The highest BCUT2D eigenvalue weighted by molar-refractivity contribution is 7.90. The monoisotopic (exact) mass is 553 g/mol. The van der Waals surface area contributed by atoms with Crippen molar-refractivity contribution in [2.45, 2.75) is 57.0 Å². The molecule has 1 N–H and O–H groups in total. The van der Waals surface area contributed by atoms with E-state index in [0.717, 1.165) is 12.8 Å². The molecular weight excluding hydrogens is 525 g/mol. The molecule has 0 aliphatic carbocycles. The number of sulfonamides is 1. The largest absolute Gasteiger partial charge is 0.354 e. The van der Waals surface area contributed by atoms with Gasteiger partial charge in [-0.3, -0.25) is 14.4 Å². The smallest absolute Gasteiger partial charge is 0.269 e. The molecule has 0 radical (unpaired) electrons. The number of hydrogen-bond acceptors (Lipinski definition) is 5. The Labute approximate surface area is 221 Å². The van der Waals surface area contributed by atoms with Gasteiger partial charge in [-0.2, -0.15) is 0 Å². The van der Waals surface area contributed by atoms with Gasteiger partial charge in [0.2, 0.25) is 11.8 Å². The molecule has 0 bridgehead atoms. The highest BCUT2D eigenvalue weighted by atomic mass is 35.5. The van der Waals surface area contributed by atoms with Gasteiger partial charge in [0.1, 0.15) is 10.9 Å². The second-order valence-electron chi connectivity index (χ2n) is 8.42. The highest BCUT2D eigenvalue weighted by Crippen LogP contribution is 2.31. The number of nitrogens with zero attached hydrogens (tertiary/aromatic N) is 2. The number of nitrogens with one attached hydrogen (secondary N) is 1. The summed E-state index contributed by atoms with van der Waals surface area (Å²) in [6.07, 6.45) is 1.70. The second kappa shape index (κ2) is 12.1. The molecule has 1 heterocycles. The van der Waals surface area contributed by atoms with Crippen LogP contribution in [0.4, 0.5) is 0 Å². The molecule has 0 aromatic heterocycles. The van der Waals surface area contributed by atoms with Crippen molar-refractivity contribution in [1.82, 2.24) is 14.5 Å². The van der Waals surface area contributed by atoms with E-state index in [-0.39, 0.29) is 35.9 Å². The number of benzene rings is 2. The van der Waals surface area contributed by atoms with E-state index in [9.17, 15) is 22.8 Å². The lowest BCUT2D eigenvalue weighted by Gasteiger charge is -2.31. The van der Waals surface area contributed by atoms with E-state index in [1.54, 1.807) is 31.2 Å². The van der Waals surface area contributed by atoms with Crippen LogP contribution in [0, 0.1) is 0 Å². The maximum absolute atomic E-state index is 13.5. The van der Waals surface area contributed by atoms with Crippen LogP contribution in [0.2, 0.25) is 10.0 Å². The van der Waals surface area contributed by atoms with Crippen LogP contribution in [0.25, 0.3) is 0 Å². The first-order valence-corrected chi connectivity index (χ1v) is 14.0. The van der Waals surface area contributed by atoms with Crippen LogP contribution in [-0.4, -0.2) is 54.5 Å². The standard InChI is InChI=1S/C25H29Cl2N3O5S/c1-3-5-14-28-24(32)21(4-2)29(16-18-19(26)10-8-11-20(18)27)23(31)13-15-30-25(33)17-9-6-7-12-22(17)36(30,34)35/h6-12,21H,3-5,13-16H2,1-2H3,(H,28,32)/t21-/m1/s1. The van der Waals surface area contributed by atoms with Gasteiger partial charge in [0.15, 0.2) is 0 Å². The number of fused-ring (bicyclic) bond motifs is 1. The molecule has 2 aromatic rings. The van der Waals surface area contributed by atoms with Gasteiger partial charge >= 0.3 is 0 Å². The Morgan fingerprint density at radius 2 is 1.72 bits per heavy atom. The summed E-state index contributed by atoms with van der Waals surface area (Å²) in [6, 6.07) is 10.1. The molecule has 0 unspecified atom stereocenters. The summed E-state index contributed by atoms with van der Waals surface area (Å²) in [4.78, 5) is 40.5. The Bertz CT molecular complexity index is 1230. The van der Waals surface area contributed by atoms with Crippen molar-refractivity contribution in [2.75, 3.05) is 13.1 Å². The van der Waals surface area contributed by atoms with E-state index in [4.69, 9.17) is 23.2 Å². The normalized spacial score (nSPS) is 14.9. The fourth-order valence-electron chi connectivity index (χ4n) is 4.07. The SMILES string of the molecule is CCCCNC(=O)[C@@H](CC)N(Cc1c(Cl)cccc1Cl)C(=O)CCN1C(=O)c2ccccc2S1(=O)=O. The summed E-state index contributed by atoms with van der Waals surface area (Å²) in [5.74, 6) is -1.49. The number of rotatable bonds is 11. The molecule has 36 heavy (non-hydrogen) atoms. The third kappa shape index (κ3) is 5.85. The van der Waals surface area contributed by atoms with Crippen molar-refractivity contribution in [3.63, 3.8) is 0 Å². The number of carbonyl (C=O) groups is 3. The minimum atomic E-state index is -4.05. The summed E-state index contributed by atoms with van der Waals surface area (Å²) < 4.78 is 26.5. The van der Waals surface area contributed by atoms with E-state index in [1.165, 1.54) is 23.1 Å². The maximum Gasteiger partial charge on any atom is 0.269 e. The topological polar surface area (TPSA) is 104 Å². The molecule has 0 saturated heterocycles. The third-order valence-electron chi connectivity index (χ3n) is 6.05. The minimum Gasteiger partial charge on any atom is -0.354 e. The lowest BCUT2D eigenvalue weighted by molar-refractivity contribution is -0.141. The highest BCUT2D eigenvalue weighted by Gasteiger charge is 2.41. The van der Waals surface area contributed by atoms with Crippen molar-refractivity contribution >= 4 is 50.9 Å². The summed E-state index contributed by atoms with van der Waals surface area (Å²) in [7, 11) is -4.05. The number of halogens is 2. The van der Waals surface area contributed by atoms with Crippen LogP contribution in [0.15, 0.2) is 47.4 Å². The Hall–Kier alpha value is -2.62. The van der Waals surface area contributed by atoms with Gasteiger partial charge in [-0.1, -0.05) is 61.7 Å². The van der Waals surface area contributed by atoms with Crippen LogP contribution >= 0.6 is 23.2 Å². The number of hydrogen-bond donors (Lipinski definition) is 1. The molecule has 1 aliphatic rings. The van der Waals surface area contributed by atoms with Crippen LogP contribution < -0.4 is 5.32 Å². The van der Waals surface area contributed by atoms with E-state index >= 15 is 0 Å². The van der Waals surface area contributed by atoms with E-state index in [0.29, 0.717) is 32.9 Å². The zero-order valence-corrected chi connectivity index (χ0v) is 22.5. The van der Waals surface area contributed by atoms with E-state index in [2.05, 4.69) is 5.32 Å². The molecule has 0 fully saturated rings. The van der Waals surface area contributed by atoms with Crippen molar-refractivity contribution in [2.24, 2.45) is 0 Å². The third-order valence-corrected chi connectivity index (χ3v) is 8.60. The average Bonchev–Trinajstić information content (AvgIpc) is 3.04. The Kier molecular flexibility index (Phi) is 9.38. The second-order valence-corrected chi connectivity index (χ2v) is 11.1. The first-order valence-electron chi connectivity index (χ1n) is 11.8. The average molecular weight is 554 g/mol. The molecule has 8 nitrogen and oxygen atoms in total. The van der Waals surface area contributed by atoms with E-state index < -0.39 is 27.9 Å². The summed E-state index contributed by atoms with van der Waals surface area (Å²) in [5.41, 5.74) is 0.553. The lowest BCUT2D eigenvalue weighted by atomic mass is 10.1. The lowest BCUT2D eigenvalue weighted by Crippen LogP contribution is -2.50. The quantitative estimate of drug-likeness (QED) is 0.419. The van der Waals surface area contributed by atoms with Gasteiger partial charge in [-0.25, -0.2) is 12.7 Å². The predicted molar refractivity (Wildman–Crippen MR) is 138 cm³/mol. The van der Waals surface area contributed by atoms with Gasteiger partial charge in [-0.05, 0) is 37.1 Å². The van der Waals surface area contributed by atoms with E-state index in [1.807, 2.05) is 6.92 Å². The van der Waals surface area contributed by atoms with Gasteiger partial charge in [0.25, 0.3) is 15.9 Å². The molecule has 0 spiro atoms. The van der Waals surface area contributed by atoms with Crippen LogP contribution in [0.5, 0.6) is 0 Å². The summed E-state index contributed by atoms with van der Waals surface area (Å²) in [6.45, 7) is 3.86. The number of carbonyl (C=O) groups excluding carboxylic acids is 3. The Morgan fingerprint density at radius 1 is 1.06 bits per heavy atom. The summed E-state index contributed by atoms with van der Waals surface area (Å²) in [5, 5.41) is 3.54. The molecular formula is C25H29Cl2N3O5S. The van der Waals surface area contributed by atoms with Crippen molar-refractivity contribution < 1.29 is 22.8 Å². The summed E-state index contributed by atoms with van der Waals surface area (Å²) >= 11 is 12.7. The molecule has 3 amide bonds. The van der Waals surface area contributed by atoms with Crippen molar-refractivity contribution in [3.05, 3.63) is 63.6 Å². The van der Waals surface area contributed by atoms with Crippen molar-refractivity contribution in [3.8, 4) is 0 Å². The zero-order chi connectivity index (χ0) is 26.5. The first-order chi connectivity index (χ1) is 17.1. The van der Waals surface area contributed by atoms with Crippen LogP contribution in [-0.2, 0) is 26.2 Å². The van der Waals surface area contributed by atoms with Crippen LogP contribution in [0.1, 0.15) is 55.5 Å². The molecule has 3 rings (SSSR count). The first kappa shape index (κ1) is 28.0. The molecule has 11 heteroatoms. The number of unbranched alkanes of at least 4 members (excludes halogenated alkanes) is 1. The predicted octanol–water partition coefficient (Wildman–Crippen LogP) is 4.25.